The predicted octanol–water partition coefficient (Wildman–Crippen LogP) is 5.66. The van der Waals surface area contributed by atoms with Gasteiger partial charge in [-0.15, -0.1) is 22.7 Å². The summed E-state index contributed by atoms with van der Waals surface area (Å²) >= 11 is 13.1. The van der Waals surface area contributed by atoms with E-state index >= 15 is 0 Å². The van der Waals surface area contributed by atoms with Crippen molar-refractivity contribution in [3.8, 4) is 0 Å². The summed E-state index contributed by atoms with van der Waals surface area (Å²) in [6, 6.07) is 6.46. The molecule has 0 aliphatic rings. The Kier molecular flexibility index (Phi) is 4.09. The first-order valence-corrected chi connectivity index (χ1v) is 8.28. The number of thiophene rings is 2. The summed E-state index contributed by atoms with van der Waals surface area (Å²) < 4.78 is 2.51. The Hall–Kier alpha value is 1.09. The average Bonchev–Trinajstić information content (AvgIpc) is 2.73. The van der Waals surface area contributed by atoms with Crippen LogP contribution in [0.3, 0.4) is 0 Å². The van der Waals surface area contributed by atoms with Gasteiger partial charge in [0, 0.05) is 4.88 Å². The summed E-state index contributed by atoms with van der Waals surface area (Å²) in [5.41, 5.74) is 1.34. The van der Waals surface area contributed by atoms with Gasteiger partial charge in [0.05, 0.1) is 11.5 Å². The summed E-state index contributed by atoms with van der Waals surface area (Å²) in [4.78, 5) is 1.67. The van der Waals surface area contributed by atoms with Crippen LogP contribution >= 0.6 is 77.1 Å². The quantitative estimate of drug-likeness (QED) is 0.398. The predicted molar refractivity (Wildman–Crippen MR) is 79.8 cm³/mol. The van der Waals surface area contributed by atoms with Gasteiger partial charge in [-0.25, -0.2) is 0 Å². The summed E-state index contributed by atoms with van der Waals surface area (Å²) in [5, 5.41) is 2.20. The van der Waals surface area contributed by atoms with E-state index in [1.54, 1.807) is 22.7 Å². The Morgan fingerprint density at radius 2 is 2.14 bits per heavy atom. The molecule has 14 heavy (non-hydrogen) atoms. The summed E-state index contributed by atoms with van der Waals surface area (Å²) in [6.07, 6.45) is 0. The van der Waals surface area contributed by atoms with E-state index < -0.39 is 0 Å². The molecule has 0 N–H and O–H groups in total. The van der Waals surface area contributed by atoms with Crippen LogP contribution in [0, 0.1) is 2.88 Å². The van der Waals surface area contributed by atoms with E-state index in [4.69, 9.17) is 0 Å². The van der Waals surface area contributed by atoms with Gasteiger partial charge in [-0.1, -0.05) is 15.9 Å². The smallest absolute Gasteiger partial charge is 0.0746 e. The van der Waals surface area contributed by atoms with E-state index in [2.05, 4.69) is 78.0 Å². The van der Waals surface area contributed by atoms with Gasteiger partial charge in [-0.2, -0.15) is 0 Å². The van der Waals surface area contributed by atoms with Gasteiger partial charge in [-0.3, -0.25) is 0 Å². The number of hydrogen-bond acceptors (Lipinski definition) is 2. The molecular formula is C9H5Br2IS2. The highest BCUT2D eigenvalue weighted by Crippen LogP contribution is 2.38. The van der Waals surface area contributed by atoms with Gasteiger partial charge < -0.3 is 0 Å². The molecule has 0 bridgehead atoms. The molecule has 0 aliphatic carbocycles. The molecule has 0 aliphatic heterocycles. The Morgan fingerprint density at radius 1 is 1.36 bits per heavy atom. The first-order valence-electron chi connectivity index (χ1n) is 3.80. The fourth-order valence-corrected chi connectivity index (χ4v) is 4.79. The first-order chi connectivity index (χ1) is 6.66. The van der Waals surface area contributed by atoms with Crippen molar-refractivity contribution in [3.63, 3.8) is 0 Å². The Morgan fingerprint density at radius 3 is 2.64 bits per heavy atom. The molecule has 1 atom stereocenters. The summed E-state index contributed by atoms with van der Waals surface area (Å²) in [6.45, 7) is 0. The van der Waals surface area contributed by atoms with Crippen molar-refractivity contribution in [2.75, 3.05) is 0 Å². The minimum Gasteiger partial charge on any atom is -0.137 e. The largest absolute Gasteiger partial charge is 0.137 e. The van der Waals surface area contributed by atoms with Crippen LogP contribution in [0.25, 0.3) is 0 Å². The van der Waals surface area contributed by atoms with E-state index in [1.807, 2.05) is 0 Å². The maximum Gasteiger partial charge on any atom is 0.0746 e. The van der Waals surface area contributed by atoms with Crippen LogP contribution in [-0.4, -0.2) is 0 Å². The maximum absolute atomic E-state index is 3.71. The molecule has 5 heteroatoms. The zero-order chi connectivity index (χ0) is 10.1. The second-order valence-corrected chi connectivity index (χ2v) is 8.90. The standard InChI is InChI=1S/C9H5Br2IS2/c10-7-2-1-6(14-7)9(11)5-3-8(12)13-4-5/h1-4,9H. The van der Waals surface area contributed by atoms with Gasteiger partial charge in [-0.05, 0) is 67.7 Å². The lowest BCUT2D eigenvalue weighted by Crippen LogP contribution is -1.84. The minimum absolute atomic E-state index is 0.332. The minimum atomic E-state index is 0.332. The molecule has 0 spiro atoms. The van der Waals surface area contributed by atoms with Crippen LogP contribution in [0.2, 0.25) is 0 Å². The molecule has 0 nitrogen and oxygen atoms in total. The monoisotopic (exact) mass is 462 g/mol. The number of alkyl halides is 1. The second kappa shape index (κ2) is 4.95. The normalized spacial score (nSPS) is 13.1. The molecule has 0 aromatic carbocycles. The molecule has 2 aromatic heterocycles. The number of hydrogen-bond donors (Lipinski definition) is 0. The summed E-state index contributed by atoms with van der Waals surface area (Å²) in [5.74, 6) is 0. The van der Waals surface area contributed by atoms with Gasteiger partial charge in [0.25, 0.3) is 0 Å². The van der Waals surface area contributed by atoms with Gasteiger partial charge in [0.1, 0.15) is 0 Å². The fourth-order valence-electron chi connectivity index (χ4n) is 1.09. The third-order valence-corrected chi connectivity index (χ3v) is 6.54. The van der Waals surface area contributed by atoms with Crippen molar-refractivity contribution in [1.29, 1.82) is 0 Å². The lowest BCUT2D eigenvalue weighted by molar-refractivity contribution is 1.25. The lowest BCUT2D eigenvalue weighted by Gasteiger charge is -2.03. The molecule has 2 aromatic rings. The molecule has 0 amide bonds. The average molecular weight is 464 g/mol. The molecule has 74 valence electrons. The first kappa shape index (κ1) is 11.6. The van der Waals surface area contributed by atoms with Crippen molar-refractivity contribution < 1.29 is 0 Å². The summed E-state index contributed by atoms with van der Waals surface area (Å²) in [7, 11) is 0. The molecular weight excluding hydrogens is 459 g/mol. The highest BCUT2D eigenvalue weighted by atomic mass is 127. The Labute approximate surface area is 121 Å². The van der Waals surface area contributed by atoms with Crippen molar-refractivity contribution >= 4 is 77.1 Å². The molecule has 2 rings (SSSR count). The molecule has 2 heterocycles. The molecule has 0 radical (unpaired) electrons. The van der Waals surface area contributed by atoms with Gasteiger partial charge in [0.2, 0.25) is 0 Å². The lowest BCUT2D eigenvalue weighted by atomic mass is 10.2. The fraction of sp³-hybridized carbons (Fsp3) is 0.111. The van der Waals surface area contributed by atoms with Crippen molar-refractivity contribution in [3.05, 3.63) is 40.7 Å². The molecule has 1 unspecified atom stereocenters. The van der Waals surface area contributed by atoms with Crippen molar-refractivity contribution in [1.82, 2.24) is 0 Å². The van der Waals surface area contributed by atoms with E-state index in [0.29, 0.717) is 4.83 Å². The van der Waals surface area contributed by atoms with E-state index in [1.165, 1.54) is 17.1 Å². The van der Waals surface area contributed by atoms with Crippen molar-refractivity contribution in [2.45, 2.75) is 4.83 Å². The zero-order valence-electron chi connectivity index (χ0n) is 6.84. The third kappa shape index (κ3) is 2.61. The van der Waals surface area contributed by atoms with Crippen molar-refractivity contribution in [2.24, 2.45) is 0 Å². The van der Waals surface area contributed by atoms with Gasteiger partial charge >= 0.3 is 0 Å². The van der Waals surface area contributed by atoms with Crippen LogP contribution < -0.4 is 0 Å². The van der Waals surface area contributed by atoms with Crippen LogP contribution in [0.15, 0.2) is 27.4 Å². The third-order valence-electron chi connectivity index (χ3n) is 1.72. The van der Waals surface area contributed by atoms with Gasteiger partial charge in [0.15, 0.2) is 0 Å². The van der Waals surface area contributed by atoms with Crippen LogP contribution in [0.1, 0.15) is 15.3 Å². The molecule has 0 fully saturated rings. The van der Waals surface area contributed by atoms with Crippen LogP contribution in [-0.2, 0) is 0 Å². The van der Waals surface area contributed by atoms with E-state index in [9.17, 15) is 0 Å². The van der Waals surface area contributed by atoms with E-state index in [-0.39, 0.29) is 0 Å². The van der Waals surface area contributed by atoms with Crippen LogP contribution in [0.4, 0.5) is 0 Å². The molecule has 0 saturated heterocycles. The van der Waals surface area contributed by atoms with Crippen LogP contribution in [0.5, 0.6) is 0 Å². The zero-order valence-corrected chi connectivity index (χ0v) is 13.8. The number of halogens is 3. The number of rotatable bonds is 2. The Bertz CT molecular complexity index is 395. The second-order valence-electron chi connectivity index (χ2n) is 2.69. The highest BCUT2D eigenvalue weighted by molar-refractivity contribution is 14.1. The molecule has 0 saturated carbocycles. The maximum atomic E-state index is 3.71. The highest BCUT2D eigenvalue weighted by Gasteiger charge is 2.13. The van der Waals surface area contributed by atoms with E-state index in [0.717, 1.165) is 0 Å². The topological polar surface area (TPSA) is 0 Å². The Balaban J connectivity index is 2.28. The SMILES string of the molecule is Brc1ccc(C(Br)c2csc(I)c2)s1.